The van der Waals surface area contributed by atoms with Crippen LogP contribution >= 0.6 is 0 Å². The Bertz CT molecular complexity index is 536. The number of hydrogen-bond donors (Lipinski definition) is 0. The summed E-state index contributed by atoms with van der Waals surface area (Å²) in [6.45, 7) is 10.5. The third-order valence-electron chi connectivity index (χ3n) is 4.91. The van der Waals surface area contributed by atoms with Crippen LogP contribution in [-0.4, -0.2) is 25.2 Å². The maximum atomic E-state index is 12.6. The minimum Gasteiger partial charge on any atom is -0.465 e. The Morgan fingerprint density at radius 2 is 1.74 bits per heavy atom. The quantitative estimate of drug-likeness (QED) is 0.449. The lowest BCUT2D eigenvalue weighted by molar-refractivity contribution is -0.171. The Balaban J connectivity index is 2.44. The molecular formula is C19H28O4. The maximum absolute atomic E-state index is 12.6. The van der Waals surface area contributed by atoms with Gasteiger partial charge in [0.2, 0.25) is 0 Å². The predicted octanol–water partition coefficient (Wildman–Crippen LogP) is 3.81. The molecule has 1 atom stereocenters. The molecule has 0 saturated heterocycles. The van der Waals surface area contributed by atoms with Gasteiger partial charge in [0.1, 0.15) is 0 Å². The van der Waals surface area contributed by atoms with Crippen molar-refractivity contribution in [2.24, 2.45) is 16.7 Å². The molecule has 1 saturated carbocycles. The van der Waals surface area contributed by atoms with Gasteiger partial charge in [-0.15, -0.1) is 0 Å². The molecule has 128 valence electrons. The fraction of sp³-hybridized carbons (Fsp3) is 0.684. The summed E-state index contributed by atoms with van der Waals surface area (Å²) in [4.78, 5) is 25.2. The number of hydrogen-bond acceptors (Lipinski definition) is 4. The fourth-order valence-electron chi connectivity index (χ4n) is 3.69. The second-order valence-electron chi connectivity index (χ2n) is 7.32. The monoisotopic (exact) mass is 320 g/mol. The fourth-order valence-corrected chi connectivity index (χ4v) is 3.69. The number of carbonyl (C=O) groups excluding carboxylic acids is 2. The van der Waals surface area contributed by atoms with E-state index in [1.165, 1.54) is 11.1 Å². The van der Waals surface area contributed by atoms with Gasteiger partial charge >= 0.3 is 11.9 Å². The van der Waals surface area contributed by atoms with Crippen molar-refractivity contribution >= 4 is 11.9 Å². The van der Waals surface area contributed by atoms with E-state index in [4.69, 9.17) is 9.47 Å². The van der Waals surface area contributed by atoms with Crippen molar-refractivity contribution in [3.8, 4) is 0 Å². The van der Waals surface area contributed by atoms with E-state index in [0.717, 1.165) is 6.42 Å². The van der Waals surface area contributed by atoms with E-state index in [-0.39, 0.29) is 24.5 Å². The number of rotatable bonds is 4. The topological polar surface area (TPSA) is 52.6 Å². The molecule has 0 aromatic rings. The average molecular weight is 320 g/mol. The predicted molar refractivity (Wildman–Crippen MR) is 88.7 cm³/mol. The van der Waals surface area contributed by atoms with Crippen LogP contribution in [0.25, 0.3) is 0 Å². The van der Waals surface area contributed by atoms with Crippen LogP contribution in [0.15, 0.2) is 23.3 Å². The van der Waals surface area contributed by atoms with Crippen molar-refractivity contribution in [1.29, 1.82) is 0 Å². The average Bonchev–Trinajstić information content (AvgIpc) is 2.81. The van der Waals surface area contributed by atoms with E-state index in [0.29, 0.717) is 12.8 Å². The van der Waals surface area contributed by atoms with E-state index >= 15 is 0 Å². The third kappa shape index (κ3) is 3.36. The molecule has 0 aliphatic heterocycles. The van der Waals surface area contributed by atoms with Gasteiger partial charge in [-0.25, -0.2) is 0 Å². The van der Waals surface area contributed by atoms with Crippen LogP contribution in [-0.2, 0) is 19.1 Å². The summed E-state index contributed by atoms with van der Waals surface area (Å²) < 4.78 is 10.5. The molecule has 0 aromatic carbocycles. The molecule has 4 heteroatoms. The Morgan fingerprint density at radius 1 is 1.17 bits per heavy atom. The number of fused-ring (bicyclic) bond motifs is 1. The van der Waals surface area contributed by atoms with Crippen molar-refractivity contribution < 1.29 is 19.1 Å². The Kier molecular flexibility index (Phi) is 5.02. The van der Waals surface area contributed by atoms with Crippen LogP contribution in [0.1, 0.15) is 53.9 Å². The van der Waals surface area contributed by atoms with Crippen LogP contribution in [0.2, 0.25) is 0 Å². The zero-order chi connectivity index (χ0) is 17.3. The first-order valence-corrected chi connectivity index (χ1v) is 8.48. The summed E-state index contributed by atoms with van der Waals surface area (Å²) in [6.07, 6.45) is 6.31. The highest BCUT2D eigenvalue weighted by Crippen LogP contribution is 2.52. The summed E-state index contributed by atoms with van der Waals surface area (Å²) in [5.74, 6) is -0.762. The molecule has 0 N–H and O–H groups in total. The molecule has 2 rings (SSSR count). The summed E-state index contributed by atoms with van der Waals surface area (Å²) >= 11 is 0. The standard InChI is InChI=1S/C19H28O4/c1-6-22-16(20)19(17(21)23-7-2)11-14-10-18(4,5)9-8-13(3)15(14)12-19/h8,10,15H,6-7,9,11-12H2,1-5H3/t15-/m0/s1. The largest absolute Gasteiger partial charge is 0.465 e. The normalized spacial score (nSPS) is 24.8. The van der Waals surface area contributed by atoms with Crippen LogP contribution in [0, 0.1) is 16.7 Å². The summed E-state index contributed by atoms with van der Waals surface area (Å²) in [6, 6.07) is 0. The lowest BCUT2D eigenvalue weighted by Gasteiger charge is -2.25. The van der Waals surface area contributed by atoms with Gasteiger partial charge in [-0.2, -0.15) is 0 Å². The second-order valence-corrected chi connectivity index (χ2v) is 7.32. The maximum Gasteiger partial charge on any atom is 0.323 e. The summed E-state index contributed by atoms with van der Waals surface area (Å²) in [7, 11) is 0. The van der Waals surface area contributed by atoms with E-state index in [1.54, 1.807) is 13.8 Å². The number of ether oxygens (including phenoxy) is 2. The van der Waals surface area contributed by atoms with Gasteiger partial charge in [0.05, 0.1) is 13.2 Å². The molecule has 23 heavy (non-hydrogen) atoms. The van der Waals surface area contributed by atoms with Crippen molar-refractivity contribution in [3.63, 3.8) is 0 Å². The zero-order valence-corrected chi connectivity index (χ0v) is 14.9. The molecule has 2 aliphatic rings. The van der Waals surface area contributed by atoms with Crippen LogP contribution in [0.4, 0.5) is 0 Å². The molecule has 0 aromatic heterocycles. The van der Waals surface area contributed by atoms with Crippen molar-refractivity contribution in [3.05, 3.63) is 23.3 Å². The van der Waals surface area contributed by atoms with Crippen molar-refractivity contribution in [2.45, 2.75) is 53.9 Å². The number of carbonyl (C=O) groups is 2. The van der Waals surface area contributed by atoms with Gasteiger partial charge in [0, 0.05) is 5.92 Å². The summed E-state index contributed by atoms with van der Waals surface area (Å²) in [5.41, 5.74) is 1.25. The second kappa shape index (κ2) is 6.50. The van der Waals surface area contributed by atoms with Crippen molar-refractivity contribution in [2.75, 3.05) is 13.2 Å². The van der Waals surface area contributed by atoms with Gasteiger partial charge in [-0.05, 0) is 45.4 Å². The van der Waals surface area contributed by atoms with Crippen LogP contribution in [0.5, 0.6) is 0 Å². The molecular weight excluding hydrogens is 292 g/mol. The van der Waals surface area contributed by atoms with E-state index in [1.807, 2.05) is 0 Å². The van der Waals surface area contributed by atoms with Gasteiger partial charge in [0.15, 0.2) is 5.41 Å². The molecule has 0 radical (unpaired) electrons. The Morgan fingerprint density at radius 3 is 2.26 bits per heavy atom. The molecule has 0 spiro atoms. The van der Waals surface area contributed by atoms with Gasteiger partial charge in [0.25, 0.3) is 0 Å². The van der Waals surface area contributed by atoms with Gasteiger partial charge < -0.3 is 9.47 Å². The highest BCUT2D eigenvalue weighted by molar-refractivity contribution is 6.01. The smallest absolute Gasteiger partial charge is 0.323 e. The first kappa shape index (κ1) is 17.8. The molecule has 0 heterocycles. The minimum absolute atomic E-state index is 0.0325. The first-order valence-electron chi connectivity index (χ1n) is 8.48. The van der Waals surface area contributed by atoms with Crippen LogP contribution in [0.3, 0.4) is 0 Å². The van der Waals surface area contributed by atoms with E-state index in [9.17, 15) is 9.59 Å². The number of esters is 2. The lowest BCUT2D eigenvalue weighted by Crippen LogP contribution is -2.40. The molecule has 2 aliphatic carbocycles. The van der Waals surface area contributed by atoms with Crippen molar-refractivity contribution in [1.82, 2.24) is 0 Å². The Hall–Kier alpha value is -1.58. The van der Waals surface area contributed by atoms with Gasteiger partial charge in [-0.3, -0.25) is 9.59 Å². The van der Waals surface area contributed by atoms with E-state index in [2.05, 4.69) is 32.9 Å². The summed E-state index contributed by atoms with van der Waals surface area (Å²) in [5, 5.41) is 0. The molecule has 0 unspecified atom stereocenters. The zero-order valence-electron chi connectivity index (χ0n) is 14.9. The molecule has 4 nitrogen and oxygen atoms in total. The molecule has 0 bridgehead atoms. The van der Waals surface area contributed by atoms with E-state index < -0.39 is 17.4 Å². The minimum atomic E-state index is -1.19. The number of allylic oxidation sites excluding steroid dienone is 4. The van der Waals surface area contributed by atoms with Crippen LogP contribution < -0.4 is 0 Å². The third-order valence-corrected chi connectivity index (χ3v) is 4.91. The SMILES string of the molecule is CCOC(=O)C1(C(=O)OCC)CC2=CC(C)(C)CC=C(C)[C@@H]2C1. The molecule has 0 amide bonds. The highest BCUT2D eigenvalue weighted by atomic mass is 16.6. The lowest BCUT2D eigenvalue weighted by atomic mass is 9.83. The molecule has 1 fully saturated rings. The Labute approximate surface area is 138 Å². The first-order chi connectivity index (χ1) is 10.8. The van der Waals surface area contributed by atoms with Gasteiger partial charge in [-0.1, -0.05) is 37.1 Å². The highest BCUT2D eigenvalue weighted by Gasteiger charge is 2.56.